The summed E-state index contributed by atoms with van der Waals surface area (Å²) in [7, 11) is -1.52. The fourth-order valence-electron chi connectivity index (χ4n) is 2.90. The van der Waals surface area contributed by atoms with Gasteiger partial charge in [-0.05, 0) is 38.0 Å². The summed E-state index contributed by atoms with van der Waals surface area (Å²) in [6.07, 6.45) is 0.379. The predicted octanol–water partition coefficient (Wildman–Crippen LogP) is 3.64. The number of guanidine groups is 1. The van der Waals surface area contributed by atoms with E-state index >= 15 is 0 Å². The topological polar surface area (TPSA) is 89.0 Å². The summed E-state index contributed by atoms with van der Waals surface area (Å²) in [4.78, 5) is 4.54. The summed E-state index contributed by atoms with van der Waals surface area (Å²) < 4.78 is 35.7. The number of nitrogens with one attached hydrogen (secondary N) is 2. The molecule has 0 heterocycles. The fourth-order valence-corrected chi connectivity index (χ4v) is 4.33. The van der Waals surface area contributed by atoms with E-state index in [0.29, 0.717) is 32.0 Å². The zero-order chi connectivity index (χ0) is 22.5. The van der Waals surface area contributed by atoms with Crippen LogP contribution in [0, 0.1) is 0 Å². The van der Waals surface area contributed by atoms with Gasteiger partial charge in [0.25, 0.3) is 0 Å². The number of halogens is 1. The summed E-state index contributed by atoms with van der Waals surface area (Å²) in [5, 5.41) is 6.36. The normalized spacial score (nSPS) is 12.4. The predicted molar refractivity (Wildman–Crippen MR) is 141 cm³/mol. The van der Waals surface area contributed by atoms with E-state index in [9.17, 15) is 8.42 Å². The highest BCUT2D eigenvalue weighted by atomic mass is 127. The Kier molecular flexibility index (Phi) is 13.1. The van der Waals surface area contributed by atoms with E-state index in [2.05, 4.69) is 15.6 Å². The van der Waals surface area contributed by atoms with Crippen LogP contribution < -0.4 is 20.1 Å². The van der Waals surface area contributed by atoms with Gasteiger partial charge in [0.1, 0.15) is 17.6 Å². The molecular formula is C23H34IN3O4S. The zero-order valence-electron chi connectivity index (χ0n) is 18.9. The van der Waals surface area contributed by atoms with Crippen LogP contribution in [-0.4, -0.2) is 53.0 Å². The first kappa shape index (κ1) is 28.0. The van der Waals surface area contributed by atoms with Gasteiger partial charge < -0.3 is 20.1 Å². The number of nitrogens with zero attached hydrogens (tertiary/aromatic N) is 1. The van der Waals surface area contributed by atoms with Crippen molar-refractivity contribution in [1.29, 1.82) is 0 Å². The monoisotopic (exact) mass is 575 g/mol. The van der Waals surface area contributed by atoms with Crippen molar-refractivity contribution < 1.29 is 17.9 Å². The number of hydrogen-bond acceptors (Lipinski definition) is 5. The second-order valence-corrected chi connectivity index (χ2v) is 9.37. The number of benzene rings is 2. The Balaban J connectivity index is 0.00000512. The summed E-state index contributed by atoms with van der Waals surface area (Å²) in [6.45, 7) is 5.62. The third kappa shape index (κ3) is 11.0. The molecule has 7 nitrogen and oxygen atoms in total. The van der Waals surface area contributed by atoms with Crippen molar-refractivity contribution in [2.24, 2.45) is 4.99 Å². The molecular weight excluding hydrogens is 541 g/mol. The lowest BCUT2D eigenvalue weighted by atomic mass is 10.2. The number of aliphatic imine (C=N–C) groups is 1. The standard InChI is InChI=1S/C23H33N3O4S.HI/c1-4-24-23(26-17-19(2)30-22-13-8-12-21(16-22)29-3)25-14-9-15-31(27,28)18-20-10-6-5-7-11-20;/h5-8,10-13,16,19H,4,9,14-15,17-18H2,1-3H3,(H2,24,25,26);1H. The molecule has 0 bridgehead atoms. The molecule has 9 heteroatoms. The van der Waals surface area contributed by atoms with Crippen LogP contribution in [0.25, 0.3) is 0 Å². The Labute approximate surface area is 208 Å². The van der Waals surface area contributed by atoms with Gasteiger partial charge in [-0.1, -0.05) is 36.4 Å². The minimum absolute atomic E-state index is 0. The van der Waals surface area contributed by atoms with Crippen molar-refractivity contribution in [2.75, 3.05) is 32.5 Å². The lowest BCUT2D eigenvalue weighted by molar-refractivity contribution is 0.229. The minimum atomic E-state index is -3.14. The highest BCUT2D eigenvalue weighted by Gasteiger charge is 2.12. The summed E-state index contributed by atoms with van der Waals surface area (Å²) in [6, 6.07) is 16.7. The molecule has 0 aliphatic heterocycles. The molecule has 0 saturated heterocycles. The number of rotatable bonds is 12. The van der Waals surface area contributed by atoms with E-state index < -0.39 is 9.84 Å². The molecule has 0 amide bonds. The molecule has 0 saturated carbocycles. The van der Waals surface area contributed by atoms with Crippen LogP contribution in [0.2, 0.25) is 0 Å². The molecule has 0 spiro atoms. The van der Waals surface area contributed by atoms with Crippen LogP contribution in [0.3, 0.4) is 0 Å². The highest BCUT2D eigenvalue weighted by molar-refractivity contribution is 14.0. The molecule has 2 aromatic carbocycles. The lowest BCUT2D eigenvalue weighted by Crippen LogP contribution is -2.39. The summed E-state index contributed by atoms with van der Waals surface area (Å²) in [5.74, 6) is 2.31. The third-order valence-corrected chi connectivity index (χ3v) is 6.07. The molecule has 1 unspecified atom stereocenters. The summed E-state index contributed by atoms with van der Waals surface area (Å²) >= 11 is 0. The molecule has 0 radical (unpaired) electrons. The maximum absolute atomic E-state index is 12.3. The Morgan fingerprint density at radius 2 is 1.78 bits per heavy atom. The molecule has 2 rings (SSSR count). The number of ether oxygens (including phenoxy) is 2. The second-order valence-electron chi connectivity index (χ2n) is 7.19. The van der Waals surface area contributed by atoms with Crippen molar-refractivity contribution in [3.8, 4) is 11.5 Å². The zero-order valence-corrected chi connectivity index (χ0v) is 22.1. The molecule has 0 aliphatic carbocycles. The second kappa shape index (κ2) is 14.9. The molecule has 0 aliphatic rings. The van der Waals surface area contributed by atoms with Crippen molar-refractivity contribution in [3.05, 3.63) is 60.2 Å². The van der Waals surface area contributed by atoms with Gasteiger partial charge in [0.05, 0.1) is 25.2 Å². The first-order valence-electron chi connectivity index (χ1n) is 10.5. The van der Waals surface area contributed by atoms with Crippen LogP contribution in [0.4, 0.5) is 0 Å². The van der Waals surface area contributed by atoms with E-state index in [1.807, 2.05) is 68.4 Å². The average molecular weight is 576 g/mol. The van der Waals surface area contributed by atoms with Crippen LogP contribution in [0.5, 0.6) is 11.5 Å². The third-order valence-electron chi connectivity index (χ3n) is 4.38. The molecule has 2 aromatic rings. The SMILES string of the molecule is CCNC(=NCC(C)Oc1cccc(OC)c1)NCCCS(=O)(=O)Cc1ccccc1.I. The van der Waals surface area contributed by atoms with Crippen LogP contribution in [0.15, 0.2) is 59.6 Å². The molecule has 2 N–H and O–H groups in total. The van der Waals surface area contributed by atoms with Gasteiger partial charge in [-0.2, -0.15) is 0 Å². The van der Waals surface area contributed by atoms with E-state index in [-0.39, 0.29) is 41.6 Å². The fraction of sp³-hybridized carbons (Fsp3) is 0.435. The highest BCUT2D eigenvalue weighted by Crippen LogP contribution is 2.19. The molecule has 32 heavy (non-hydrogen) atoms. The Morgan fingerprint density at radius 3 is 2.47 bits per heavy atom. The lowest BCUT2D eigenvalue weighted by Gasteiger charge is -2.15. The van der Waals surface area contributed by atoms with Gasteiger partial charge in [0.15, 0.2) is 15.8 Å². The number of hydrogen-bond donors (Lipinski definition) is 2. The quantitative estimate of drug-likeness (QED) is 0.174. The first-order valence-corrected chi connectivity index (χ1v) is 12.3. The number of methoxy groups -OCH3 is 1. The van der Waals surface area contributed by atoms with E-state index in [1.54, 1.807) is 7.11 Å². The molecule has 0 aromatic heterocycles. The maximum atomic E-state index is 12.3. The van der Waals surface area contributed by atoms with Crippen LogP contribution in [-0.2, 0) is 15.6 Å². The van der Waals surface area contributed by atoms with Gasteiger partial charge in [-0.3, -0.25) is 0 Å². The summed E-state index contributed by atoms with van der Waals surface area (Å²) in [5.41, 5.74) is 0.815. The van der Waals surface area contributed by atoms with Crippen LogP contribution >= 0.6 is 24.0 Å². The minimum Gasteiger partial charge on any atom is -0.497 e. The van der Waals surface area contributed by atoms with Crippen molar-refractivity contribution in [3.63, 3.8) is 0 Å². The van der Waals surface area contributed by atoms with Gasteiger partial charge >= 0.3 is 0 Å². The van der Waals surface area contributed by atoms with Gasteiger partial charge in [-0.15, -0.1) is 24.0 Å². The van der Waals surface area contributed by atoms with Gasteiger partial charge in [0.2, 0.25) is 0 Å². The smallest absolute Gasteiger partial charge is 0.191 e. The van der Waals surface area contributed by atoms with E-state index in [0.717, 1.165) is 17.1 Å². The van der Waals surface area contributed by atoms with Gasteiger partial charge in [0, 0.05) is 19.2 Å². The Bertz CT molecular complexity index is 924. The van der Waals surface area contributed by atoms with Crippen molar-refractivity contribution in [2.45, 2.75) is 32.1 Å². The van der Waals surface area contributed by atoms with E-state index in [1.165, 1.54) is 0 Å². The largest absolute Gasteiger partial charge is 0.497 e. The molecule has 0 fully saturated rings. The van der Waals surface area contributed by atoms with Crippen molar-refractivity contribution in [1.82, 2.24) is 10.6 Å². The van der Waals surface area contributed by atoms with Gasteiger partial charge in [-0.25, -0.2) is 13.4 Å². The van der Waals surface area contributed by atoms with E-state index in [4.69, 9.17) is 9.47 Å². The van der Waals surface area contributed by atoms with Crippen molar-refractivity contribution >= 4 is 39.8 Å². The number of sulfone groups is 1. The molecule has 178 valence electrons. The Hall–Kier alpha value is -2.01. The van der Waals surface area contributed by atoms with Crippen LogP contribution in [0.1, 0.15) is 25.8 Å². The maximum Gasteiger partial charge on any atom is 0.191 e. The first-order chi connectivity index (χ1) is 14.9. The average Bonchev–Trinajstić information content (AvgIpc) is 2.75. The Morgan fingerprint density at radius 1 is 1.06 bits per heavy atom. The molecule has 1 atom stereocenters.